The van der Waals surface area contributed by atoms with Crippen LogP contribution in [0.5, 0.6) is 0 Å². The van der Waals surface area contributed by atoms with Crippen molar-refractivity contribution in [3.8, 4) is 0 Å². The molecule has 0 heterocycles. The minimum atomic E-state index is -2.92. The second kappa shape index (κ2) is 6.59. The van der Waals surface area contributed by atoms with E-state index in [1.54, 1.807) is 0 Å². The van der Waals surface area contributed by atoms with Gasteiger partial charge in [-0.25, -0.2) is 8.42 Å². The Hall–Kier alpha value is -0.100. The molecule has 0 saturated heterocycles. The van der Waals surface area contributed by atoms with Gasteiger partial charge in [-0.05, 0) is 17.5 Å². The predicted octanol–water partition coefficient (Wildman–Crippen LogP) is 3.34. The molecule has 0 fully saturated rings. The summed E-state index contributed by atoms with van der Waals surface area (Å²) >= 11 is 2.29. The van der Waals surface area contributed by atoms with Crippen molar-refractivity contribution in [3.05, 3.63) is 35.4 Å². The van der Waals surface area contributed by atoms with E-state index in [4.69, 9.17) is 0 Å². The first-order chi connectivity index (χ1) is 7.57. The lowest BCUT2D eigenvalue weighted by atomic mass is 10.2. The molecule has 0 aliphatic carbocycles. The minimum Gasteiger partial charge on any atom is -0.228 e. The summed E-state index contributed by atoms with van der Waals surface area (Å²) in [6.07, 6.45) is 1.68. The third kappa shape index (κ3) is 4.82. The van der Waals surface area contributed by atoms with Gasteiger partial charge in [0.05, 0.1) is 11.5 Å². The summed E-state index contributed by atoms with van der Waals surface area (Å²) in [5, 5.41) is 0. The number of unbranched alkanes of at least 4 members (excludes halogenated alkanes) is 1. The van der Waals surface area contributed by atoms with Crippen molar-refractivity contribution in [3.63, 3.8) is 0 Å². The van der Waals surface area contributed by atoms with Crippen LogP contribution in [0, 0.1) is 0 Å². The highest BCUT2D eigenvalue weighted by molar-refractivity contribution is 14.1. The molecule has 0 unspecified atom stereocenters. The van der Waals surface area contributed by atoms with Crippen molar-refractivity contribution >= 4 is 32.4 Å². The van der Waals surface area contributed by atoms with Gasteiger partial charge >= 0.3 is 0 Å². The molecule has 4 heteroatoms. The van der Waals surface area contributed by atoms with Gasteiger partial charge in [0.25, 0.3) is 0 Å². The minimum absolute atomic E-state index is 0.175. The average Bonchev–Trinajstić information content (AvgIpc) is 2.27. The van der Waals surface area contributed by atoms with E-state index in [1.807, 2.05) is 31.2 Å². The molecule has 16 heavy (non-hydrogen) atoms. The topological polar surface area (TPSA) is 34.1 Å². The fraction of sp³-hybridized carbons (Fsp3) is 0.500. The summed E-state index contributed by atoms with van der Waals surface area (Å²) in [6, 6.07) is 7.82. The van der Waals surface area contributed by atoms with Gasteiger partial charge in [-0.15, -0.1) is 0 Å². The molecule has 90 valence electrons. The molecule has 1 aromatic rings. The molecule has 0 radical (unpaired) electrons. The number of sulfone groups is 1. The summed E-state index contributed by atoms with van der Waals surface area (Å²) in [7, 11) is -2.92. The Morgan fingerprint density at radius 1 is 1.12 bits per heavy atom. The number of hydrogen-bond acceptors (Lipinski definition) is 2. The molecule has 0 aliphatic rings. The van der Waals surface area contributed by atoms with Gasteiger partial charge in [-0.1, -0.05) is 60.2 Å². The van der Waals surface area contributed by atoms with E-state index >= 15 is 0 Å². The van der Waals surface area contributed by atoms with E-state index in [1.165, 1.54) is 5.56 Å². The van der Waals surface area contributed by atoms with Crippen LogP contribution in [-0.4, -0.2) is 14.2 Å². The second-order valence-corrected chi connectivity index (χ2v) is 6.84. The Morgan fingerprint density at radius 2 is 1.69 bits per heavy atom. The normalized spacial score (nSPS) is 11.6. The Labute approximate surface area is 112 Å². The zero-order valence-corrected chi connectivity index (χ0v) is 12.4. The smallest absolute Gasteiger partial charge is 0.154 e. The summed E-state index contributed by atoms with van der Waals surface area (Å²) in [6.45, 7) is 2.00. The van der Waals surface area contributed by atoms with E-state index in [9.17, 15) is 8.42 Å². The molecule has 0 aromatic heterocycles. The van der Waals surface area contributed by atoms with Gasteiger partial charge in [0.15, 0.2) is 9.84 Å². The van der Waals surface area contributed by atoms with Crippen LogP contribution in [0.15, 0.2) is 24.3 Å². The molecule has 0 amide bonds. The monoisotopic (exact) mass is 352 g/mol. The third-order valence-electron chi connectivity index (χ3n) is 2.37. The molecule has 1 aromatic carbocycles. The Balaban J connectivity index is 2.65. The number of hydrogen-bond donors (Lipinski definition) is 0. The Bertz CT molecular complexity index is 409. The van der Waals surface area contributed by atoms with Crippen LogP contribution in [0.3, 0.4) is 0 Å². The molecule has 0 aliphatic heterocycles. The van der Waals surface area contributed by atoms with Crippen molar-refractivity contribution in [2.75, 3.05) is 5.75 Å². The first-order valence-corrected chi connectivity index (χ1v) is 8.76. The average molecular weight is 352 g/mol. The number of rotatable bonds is 6. The van der Waals surface area contributed by atoms with E-state index < -0.39 is 9.84 Å². The molecule has 0 spiro atoms. The van der Waals surface area contributed by atoms with Crippen LogP contribution < -0.4 is 0 Å². The first-order valence-electron chi connectivity index (χ1n) is 5.41. The first kappa shape index (κ1) is 14.0. The molecule has 0 atom stereocenters. The van der Waals surface area contributed by atoms with Gasteiger partial charge in [-0.3, -0.25) is 0 Å². The Morgan fingerprint density at radius 3 is 2.19 bits per heavy atom. The van der Waals surface area contributed by atoms with E-state index in [0.717, 1.165) is 22.8 Å². The van der Waals surface area contributed by atoms with Crippen molar-refractivity contribution in [2.24, 2.45) is 0 Å². The van der Waals surface area contributed by atoms with Crippen LogP contribution >= 0.6 is 22.6 Å². The third-order valence-corrected chi connectivity index (χ3v) is 4.94. The molecule has 1 rings (SSSR count). The van der Waals surface area contributed by atoms with E-state index in [2.05, 4.69) is 22.6 Å². The molecule has 0 N–H and O–H groups in total. The maximum atomic E-state index is 11.7. The van der Waals surface area contributed by atoms with E-state index in [0.29, 0.717) is 5.75 Å². The number of alkyl halides is 1. The molecule has 0 saturated carbocycles. The molecular weight excluding hydrogens is 335 g/mol. The summed E-state index contributed by atoms with van der Waals surface area (Å²) in [4.78, 5) is 0. The quantitative estimate of drug-likeness (QED) is 0.581. The molecular formula is C12H17IO2S. The van der Waals surface area contributed by atoms with Crippen molar-refractivity contribution < 1.29 is 8.42 Å². The zero-order chi connectivity index (χ0) is 12.0. The molecule has 2 nitrogen and oxygen atoms in total. The highest BCUT2D eigenvalue weighted by Gasteiger charge is 2.10. The number of halogens is 1. The maximum absolute atomic E-state index is 11.7. The lowest BCUT2D eigenvalue weighted by Gasteiger charge is -2.04. The summed E-state index contributed by atoms with van der Waals surface area (Å²) < 4.78 is 24.4. The SMILES string of the molecule is CCCCS(=O)(=O)Cc1ccc(CI)cc1. The van der Waals surface area contributed by atoms with Crippen LogP contribution in [-0.2, 0) is 20.0 Å². The van der Waals surface area contributed by atoms with Gasteiger partial charge in [-0.2, -0.15) is 0 Å². The van der Waals surface area contributed by atoms with Crippen molar-refractivity contribution in [2.45, 2.75) is 29.9 Å². The lowest BCUT2D eigenvalue weighted by molar-refractivity contribution is 0.592. The number of benzene rings is 1. The second-order valence-electron chi connectivity index (χ2n) is 3.90. The van der Waals surface area contributed by atoms with Gasteiger partial charge in [0.2, 0.25) is 0 Å². The van der Waals surface area contributed by atoms with Crippen LogP contribution in [0.4, 0.5) is 0 Å². The standard InChI is InChI=1S/C12H17IO2S/c1-2-3-8-16(14,15)10-12-6-4-11(9-13)5-7-12/h4-7H,2-3,8-10H2,1H3. The van der Waals surface area contributed by atoms with Crippen LogP contribution in [0.2, 0.25) is 0 Å². The van der Waals surface area contributed by atoms with Crippen molar-refractivity contribution in [1.82, 2.24) is 0 Å². The predicted molar refractivity (Wildman–Crippen MR) is 76.6 cm³/mol. The largest absolute Gasteiger partial charge is 0.228 e. The Kier molecular flexibility index (Phi) is 5.75. The fourth-order valence-corrected chi connectivity index (χ4v) is 3.50. The summed E-state index contributed by atoms with van der Waals surface area (Å²) in [5.41, 5.74) is 2.13. The maximum Gasteiger partial charge on any atom is 0.154 e. The fourth-order valence-electron chi connectivity index (χ4n) is 1.41. The van der Waals surface area contributed by atoms with Gasteiger partial charge in [0.1, 0.15) is 0 Å². The highest BCUT2D eigenvalue weighted by Crippen LogP contribution is 2.12. The van der Waals surface area contributed by atoms with Gasteiger partial charge < -0.3 is 0 Å². The molecule has 0 bridgehead atoms. The van der Waals surface area contributed by atoms with Crippen LogP contribution in [0.25, 0.3) is 0 Å². The van der Waals surface area contributed by atoms with Crippen LogP contribution in [0.1, 0.15) is 30.9 Å². The summed E-state index contributed by atoms with van der Waals surface area (Å²) in [5.74, 6) is 0.478. The van der Waals surface area contributed by atoms with Gasteiger partial charge in [0, 0.05) is 4.43 Å². The lowest BCUT2D eigenvalue weighted by Crippen LogP contribution is -2.09. The highest BCUT2D eigenvalue weighted by atomic mass is 127. The zero-order valence-electron chi connectivity index (χ0n) is 9.45. The van der Waals surface area contributed by atoms with E-state index in [-0.39, 0.29) is 5.75 Å². The van der Waals surface area contributed by atoms with Crippen molar-refractivity contribution in [1.29, 1.82) is 0 Å².